The smallest absolute Gasteiger partial charge is 0.160 e. The maximum absolute atomic E-state index is 6.45. The molecular weight excluding hydrogens is 330 g/mol. The summed E-state index contributed by atoms with van der Waals surface area (Å²) in [6, 6.07) is 25.1. The van der Waals surface area contributed by atoms with Crippen LogP contribution in [0.1, 0.15) is 31.0 Å². The fourth-order valence-electron chi connectivity index (χ4n) is 3.56. The van der Waals surface area contributed by atoms with Crippen molar-refractivity contribution in [1.29, 1.82) is 0 Å². The Hall–Kier alpha value is -3.00. The summed E-state index contributed by atoms with van der Waals surface area (Å²) in [7, 11) is 0. The minimum absolute atomic E-state index is 0.865. The number of ether oxygens (including phenoxy) is 1. The second kappa shape index (κ2) is 7.71. The lowest BCUT2D eigenvalue weighted by molar-refractivity contribution is 0.490. The van der Waals surface area contributed by atoms with Gasteiger partial charge in [-0.25, -0.2) is 0 Å². The van der Waals surface area contributed by atoms with Crippen molar-refractivity contribution in [3.63, 3.8) is 0 Å². The molecule has 2 aromatic carbocycles. The van der Waals surface area contributed by atoms with E-state index >= 15 is 0 Å². The van der Waals surface area contributed by atoms with Crippen molar-refractivity contribution in [1.82, 2.24) is 4.40 Å². The molecule has 2 aromatic heterocycles. The van der Waals surface area contributed by atoms with Crippen LogP contribution < -0.4 is 4.74 Å². The third kappa shape index (κ3) is 3.48. The highest BCUT2D eigenvalue weighted by molar-refractivity contribution is 5.84. The van der Waals surface area contributed by atoms with Crippen LogP contribution in [0.4, 0.5) is 0 Å². The third-order valence-corrected chi connectivity index (χ3v) is 4.97. The van der Waals surface area contributed by atoms with E-state index in [1.807, 2.05) is 30.3 Å². The van der Waals surface area contributed by atoms with E-state index in [9.17, 15) is 0 Å². The number of hydrogen-bond acceptors (Lipinski definition) is 1. The molecule has 0 bridgehead atoms. The van der Waals surface area contributed by atoms with Crippen molar-refractivity contribution in [2.45, 2.75) is 33.1 Å². The molecule has 0 atom stereocenters. The van der Waals surface area contributed by atoms with E-state index in [1.165, 1.54) is 28.8 Å². The number of aromatic nitrogens is 1. The summed E-state index contributed by atoms with van der Waals surface area (Å²) in [6.07, 6.45) is 5.51. The number of rotatable bonds is 6. The van der Waals surface area contributed by atoms with Crippen LogP contribution >= 0.6 is 0 Å². The molecule has 4 rings (SSSR count). The number of hydrogen-bond donors (Lipinski definition) is 0. The van der Waals surface area contributed by atoms with Crippen molar-refractivity contribution in [2.75, 3.05) is 0 Å². The lowest BCUT2D eigenvalue weighted by Gasteiger charge is -2.10. The van der Waals surface area contributed by atoms with Gasteiger partial charge in [-0.2, -0.15) is 0 Å². The van der Waals surface area contributed by atoms with E-state index in [1.54, 1.807) is 0 Å². The molecule has 0 spiro atoms. The molecule has 0 aliphatic heterocycles. The van der Waals surface area contributed by atoms with Crippen LogP contribution in [0, 0.1) is 6.92 Å². The van der Waals surface area contributed by atoms with Crippen LogP contribution in [0.15, 0.2) is 79.0 Å². The molecule has 0 radical (unpaired) electrons. The van der Waals surface area contributed by atoms with E-state index < -0.39 is 0 Å². The molecule has 2 heteroatoms. The summed E-state index contributed by atoms with van der Waals surface area (Å²) in [6.45, 7) is 4.36. The summed E-state index contributed by atoms with van der Waals surface area (Å²) in [4.78, 5) is 0. The van der Waals surface area contributed by atoms with Gasteiger partial charge in [0.2, 0.25) is 0 Å². The summed E-state index contributed by atoms with van der Waals surface area (Å²) in [5.41, 5.74) is 6.12. The largest absolute Gasteiger partial charge is 0.454 e. The second-order valence-electron chi connectivity index (χ2n) is 6.99. The molecule has 136 valence electrons. The minimum atomic E-state index is 0.865. The molecule has 0 aliphatic carbocycles. The van der Waals surface area contributed by atoms with Gasteiger partial charge in [0.05, 0.1) is 5.52 Å². The molecular formula is C25H25NO. The topological polar surface area (TPSA) is 13.6 Å². The number of nitrogens with zero attached hydrogens (tertiary/aromatic N) is 1. The van der Waals surface area contributed by atoms with Crippen LogP contribution in [0.5, 0.6) is 11.5 Å². The Kier molecular flexibility index (Phi) is 4.97. The number of fused-ring (bicyclic) bond motifs is 1. The van der Waals surface area contributed by atoms with Gasteiger partial charge in [-0.1, -0.05) is 67.4 Å². The van der Waals surface area contributed by atoms with Crippen LogP contribution in [0.2, 0.25) is 0 Å². The lowest BCUT2D eigenvalue weighted by Crippen LogP contribution is -1.94. The highest BCUT2D eigenvalue weighted by atomic mass is 16.5. The lowest BCUT2D eigenvalue weighted by atomic mass is 10.0. The predicted molar refractivity (Wildman–Crippen MR) is 113 cm³/mol. The van der Waals surface area contributed by atoms with Crippen LogP contribution in [-0.2, 0) is 6.42 Å². The number of pyridine rings is 1. The first-order chi connectivity index (χ1) is 13.3. The maximum Gasteiger partial charge on any atom is 0.160 e. The Morgan fingerprint density at radius 1 is 0.852 bits per heavy atom. The van der Waals surface area contributed by atoms with Gasteiger partial charge in [0, 0.05) is 17.5 Å². The van der Waals surface area contributed by atoms with Crippen molar-refractivity contribution in [3.8, 4) is 22.6 Å². The van der Waals surface area contributed by atoms with E-state index in [0.29, 0.717) is 0 Å². The van der Waals surface area contributed by atoms with E-state index in [-0.39, 0.29) is 0 Å². The van der Waals surface area contributed by atoms with Crippen molar-refractivity contribution in [3.05, 3.63) is 90.3 Å². The summed E-state index contributed by atoms with van der Waals surface area (Å²) < 4.78 is 8.74. The van der Waals surface area contributed by atoms with Gasteiger partial charge in [0.15, 0.2) is 5.75 Å². The standard InChI is InChI=1S/C25H25NO/c1-3-4-12-22-24(20-16-14-19(2)15-17-20)25(23-13-8-9-18-26(22)23)27-21-10-6-5-7-11-21/h5-11,13-18H,3-4,12H2,1-2H3. The third-order valence-electron chi connectivity index (χ3n) is 4.97. The molecule has 0 aliphatic rings. The maximum atomic E-state index is 6.45. The monoisotopic (exact) mass is 355 g/mol. The summed E-state index contributed by atoms with van der Waals surface area (Å²) in [5, 5.41) is 0. The molecule has 2 heterocycles. The molecule has 0 amide bonds. The quantitative estimate of drug-likeness (QED) is 0.361. The zero-order valence-electron chi connectivity index (χ0n) is 16.0. The van der Waals surface area contributed by atoms with E-state index in [2.05, 4.69) is 66.9 Å². The Morgan fingerprint density at radius 3 is 2.33 bits per heavy atom. The van der Waals surface area contributed by atoms with Crippen molar-refractivity contribution >= 4 is 5.52 Å². The van der Waals surface area contributed by atoms with Gasteiger partial charge in [-0.05, 0) is 49.6 Å². The van der Waals surface area contributed by atoms with Gasteiger partial charge in [0.25, 0.3) is 0 Å². The first-order valence-corrected chi connectivity index (χ1v) is 9.70. The average Bonchev–Trinajstić information content (AvgIpc) is 3.01. The number of aryl methyl sites for hydroxylation is 2. The van der Waals surface area contributed by atoms with Crippen LogP contribution in [0.3, 0.4) is 0 Å². The highest BCUT2D eigenvalue weighted by Gasteiger charge is 2.21. The molecule has 2 nitrogen and oxygen atoms in total. The average molecular weight is 355 g/mol. The summed E-state index contributed by atoms with van der Waals surface area (Å²) in [5.74, 6) is 1.81. The first kappa shape index (κ1) is 17.4. The van der Waals surface area contributed by atoms with Gasteiger partial charge < -0.3 is 9.14 Å². The Balaban J connectivity index is 1.95. The molecule has 0 unspecified atom stereocenters. The minimum Gasteiger partial charge on any atom is -0.454 e. The fraction of sp³-hybridized carbons (Fsp3) is 0.200. The Labute approximate surface area is 161 Å². The van der Waals surface area contributed by atoms with E-state index in [4.69, 9.17) is 4.74 Å². The van der Waals surface area contributed by atoms with Gasteiger partial charge in [-0.15, -0.1) is 0 Å². The molecule has 0 saturated heterocycles. The van der Waals surface area contributed by atoms with Crippen LogP contribution in [0.25, 0.3) is 16.6 Å². The number of unbranched alkanes of at least 4 members (excludes halogenated alkanes) is 1. The molecule has 4 aromatic rings. The first-order valence-electron chi connectivity index (χ1n) is 9.70. The SMILES string of the molecule is CCCCc1c(-c2ccc(C)cc2)c(Oc2ccccc2)c2ccccn12. The molecule has 0 N–H and O–H groups in total. The summed E-state index contributed by atoms with van der Waals surface area (Å²) >= 11 is 0. The van der Waals surface area contributed by atoms with Gasteiger partial charge in [-0.3, -0.25) is 0 Å². The van der Waals surface area contributed by atoms with Gasteiger partial charge in [0.1, 0.15) is 5.75 Å². The van der Waals surface area contributed by atoms with Gasteiger partial charge >= 0.3 is 0 Å². The molecule has 0 saturated carbocycles. The fourth-order valence-corrected chi connectivity index (χ4v) is 3.56. The molecule has 27 heavy (non-hydrogen) atoms. The normalized spacial score (nSPS) is 11.0. The number of para-hydroxylation sites is 1. The zero-order chi connectivity index (χ0) is 18.6. The predicted octanol–water partition coefficient (Wildman–Crippen LogP) is 7.05. The Morgan fingerprint density at radius 2 is 1.59 bits per heavy atom. The van der Waals surface area contributed by atoms with Crippen LogP contribution in [-0.4, -0.2) is 4.40 Å². The Bertz CT molecular complexity index is 1030. The highest BCUT2D eigenvalue weighted by Crippen LogP contribution is 2.42. The number of benzene rings is 2. The second-order valence-corrected chi connectivity index (χ2v) is 6.99. The molecule has 0 fully saturated rings. The van der Waals surface area contributed by atoms with Crippen molar-refractivity contribution in [2.24, 2.45) is 0 Å². The van der Waals surface area contributed by atoms with Crippen molar-refractivity contribution < 1.29 is 4.74 Å². The zero-order valence-corrected chi connectivity index (χ0v) is 16.0. The van der Waals surface area contributed by atoms with E-state index in [0.717, 1.165) is 29.9 Å².